The number of thioether (sulfide) groups is 1. The molecule has 0 fully saturated rings. The molecule has 4 aromatic rings. The lowest BCUT2D eigenvalue weighted by Crippen LogP contribution is -2.00. The molecule has 0 unspecified atom stereocenters. The van der Waals surface area contributed by atoms with Gasteiger partial charge in [-0.3, -0.25) is 9.59 Å². The predicted molar refractivity (Wildman–Crippen MR) is 104 cm³/mol. The highest BCUT2D eigenvalue weighted by molar-refractivity contribution is 8.15. The van der Waals surface area contributed by atoms with Gasteiger partial charge in [0.2, 0.25) is 10.9 Å². The van der Waals surface area contributed by atoms with Crippen molar-refractivity contribution in [3.8, 4) is 0 Å². The fraction of sp³-hybridized carbons (Fsp3) is 0. The molecule has 0 aliphatic carbocycles. The van der Waals surface area contributed by atoms with Crippen LogP contribution in [-0.2, 0) is 0 Å². The van der Waals surface area contributed by atoms with Crippen LogP contribution in [0.2, 0.25) is 0 Å². The van der Waals surface area contributed by atoms with Crippen molar-refractivity contribution in [2.24, 2.45) is 0 Å². The zero-order valence-electron chi connectivity index (χ0n) is 12.2. The van der Waals surface area contributed by atoms with Crippen molar-refractivity contribution >= 4 is 66.8 Å². The molecular formula is C18H10O2S4. The standard InChI is InChI=1S/C18H10O2S4/c19-16(13-7-3-9-21-13)15-11-5-1-2-6-12(11)23-18(15)24-17(20)14-8-4-10-22-14/h1-10H. The van der Waals surface area contributed by atoms with Crippen molar-refractivity contribution in [3.63, 3.8) is 0 Å². The second-order valence-electron chi connectivity index (χ2n) is 4.93. The summed E-state index contributed by atoms with van der Waals surface area (Å²) in [4.78, 5) is 26.9. The molecule has 0 amide bonds. The van der Waals surface area contributed by atoms with Gasteiger partial charge in [-0.25, -0.2) is 0 Å². The Morgan fingerprint density at radius 3 is 2.25 bits per heavy atom. The summed E-state index contributed by atoms with van der Waals surface area (Å²) in [5, 5.41) is 4.68. The molecule has 4 rings (SSSR count). The minimum absolute atomic E-state index is 0.0103. The first kappa shape index (κ1) is 15.8. The number of fused-ring (bicyclic) bond motifs is 1. The van der Waals surface area contributed by atoms with Crippen LogP contribution in [0.1, 0.15) is 24.9 Å². The molecule has 0 spiro atoms. The number of ketones is 1. The zero-order valence-corrected chi connectivity index (χ0v) is 15.5. The molecule has 118 valence electrons. The number of hydrogen-bond donors (Lipinski definition) is 0. The van der Waals surface area contributed by atoms with Crippen LogP contribution in [0.15, 0.2) is 63.5 Å². The SMILES string of the molecule is O=C(Sc1sc2ccccc2c1C(=O)c1cccs1)c1cccs1. The van der Waals surface area contributed by atoms with Crippen molar-refractivity contribution in [2.45, 2.75) is 4.21 Å². The normalized spacial score (nSPS) is 11.0. The highest BCUT2D eigenvalue weighted by atomic mass is 32.2. The van der Waals surface area contributed by atoms with E-state index in [1.165, 1.54) is 34.0 Å². The molecule has 6 heteroatoms. The summed E-state index contributed by atoms with van der Waals surface area (Å²) in [6.07, 6.45) is 0. The number of hydrogen-bond acceptors (Lipinski definition) is 6. The van der Waals surface area contributed by atoms with Crippen LogP contribution in [-0.4, -0.2) is 10.9 Å². The van der Waals surface area contributed by atoms with E-state index in [2.05, 4.69) is 0 Å². The molecule has 3 heterocycles. The van der Waals surface area contributed by atoms with Crippen LogP contribution in [0.3, 0.4) is 0 Å². The van der Waals surface area contributed by atoms with E-state index >= 15 is 0 Å². The van der Waals surface area contributed by atoms with Crippen LogP contribution in [0.5, 0.6) is 0 Å². The molecule has 0 aliphatic rings. The molecule has 1 aromatic carbocycles. The summed E-state index contributed by atoms with van der Waals surface area (Å²) >= 11 is 5.51. The summed E-state index contributed by atoms with van der Waals surface area (Å²) in [6.45, 7) is 0. The average molecular weight is 387 g/mol. The van der Waals surface area contributed by atoms with Gasteiger partial charge in [0.1, 0.15) is 0 Å². The van der Waals surface area contributed by atoms with E-state index in [1.807, 2.05) is 59.3 Å². The zero-order chi connectivity index (χ0) is 16.5. The third-order valence-electron chi connectivity index (χ3n) is 3.44. The first-order chi connectivity index (χ1) is 11.7. The molecule has 0 saturated carbocycles. The number of thiophene rings is 3. The van der Waals surface area contributed by atoms with E-state index in [4.69, 9.17) is 0 Å². The van der Waals surface area contributed by atoms with Crippen molar-refractivity contribution in [1.29, 1.82) is 0 Å². The highest BCUT2D eigenvalue weighted by Gasteiger charge is 2.23. The molecule has 2 nitrogen and oxygen atoms in total. The summed E-state index contributed by atoms with van der Waals surface area (Å²) in [5.41, 5.74) is 0.646. The summed E-state index contributed by atoms with van der Waals surface area (Å²) < 4.78 is 1.80. The number of carbonyl (C=O) groups excluding carboxylic acids is 2. The topological polar surface area (TPSA) is 34.1 Å². The Morgan fingerprint density at radius 1 is 0.833 bits per heavy atom. The number of benzene rings is 1. The number of carbonyl (C=O) groups is 2. The van der Waals surface area contributed by atoms with Gasteiger partial charge in [0.05, 0.1) is 19.5 Å². The lowest BCUT2D eigenvalue weighted by molar-refractivity contribution is 0.104. The quantitative estimate of drug-likeness (QED) is 0.310. The Morgan fingerprint density at radius 2 is 1.54 bits per heavy atom. The minimum atomic E-state index is -0.0169. The van der Waals surface area contributed by atoms with Crippen LogP contribution in [0, 0.1) is 0 Å². The van der Waals surface area contributed by atoms with Crippen molar-refractivity contribution in [2.75, 3.05) is 0 Å². The Hall–Kier alpha value is -1.73. The molecule has 0 aliphatic heterocycles. The molecule has 0 atom stereocenters. The average Bonchev–Trinajstić information content (AvgIpc) is 3.33. The largest absolute Gasteiger partial charge is 0.288 e. The minimum Gasteiger partial charge on any atom is -0.288 e. The van der Waals surface area contributed by atoms with Gasteiger partial charge in [0.25, 0.3) is 0 Å². The molecule has 0 saturated heterocycles. The van der Waals surface area contributed by atoms with Gasteiger partial charge in [0.15, 0.2) is 0 Å². The monoisotopic (exact) mass is 386 g/mol. The van der Waals surface area contributed by atoms with E-state index < -0.39 is 0 Å². The lowest BCUT2D eigenvalue weighted by Gasteiger charge is -2.01. The Bertz CT molecular complexity index is 1010. The predicted octanol–water partition coefficient (Wildman–Crippen LogP) is 6.19. The number of rotatable bonds is 4. The fourth-order valence-electron chi connectivity index (χ4n) is 2.37. The molecule has 0 N–H and O–H groups in total. The van der Waals surface area contributed by atoms with Crippen LogP contribution < -0.4 is 0 Å². The fourth-order valence-corrected chi connectivity index (χ4v) is 6.10. The first-order valence-corrected chi connectivity index (χ1v) is 10.5. The van der Waals surface area contributed by atoms with Crippen LogP contribution in [0.25, 0.3) is 10.1 Å². The maximum Gasteiger partial charge on any atom is 0.234 e. The summed E-state index contributed by atoms with van der Waals surface area (Å²) in [6, 6.07) is 15.2. The third-order valence-corrected chi connectivity index (χ3v) is 7.57. The lowest BCUT2D eigenvalue weighted by atomic mass is 10.1. The third kappa shape index (κ3) is 2.86. The maximum atomic E-state index is 13.0. The van der Waals surface area contributed by atoms with Crippen molar-refractivity contribution in [1.82, 2.24) is 0 Å². The smallest absolute Gasteiger partial charge is 0.234 e. The summed E-state index contributed by atoms with van der Waals surface area (Å²) in [7, 11) is 0. The molecule has 0 radical (unpaired) electrons. The second kappa shape index (κ2) is 6.64. The Labute approximate surface area is 154 Å². The van der Waals surface area contributed by atoms with Gasteiger partial charge in [-0.2, -0.15) is 0 Å². The van der Waals surface area contributed by atoms with E-state index in [1.54, 1.807) is 0 Å². The van der Waals surface area contributed by atoms with Gasteiger partial charge < -0.3 is 0 Å². The second-order valence-corrected chi connectivity index (χ2v) is 9.12. The molecular weight excluding hydrogens is 376 g/mol. The van der Waals surface area contributed by atoms with Gasteiger partial charge in [-0.15, -0.1) is 34.0 Å². The van der Waals surface area contributed by atoms with Crippen LogP contribution in [0.4, 0.5) is 0 Å². The Kier molecular flexibility index (Phi) is 4.37. The van der Waals surface area contributed by atoms with Gasteiger partial charge >= 0.3 is 0 Å². The van der Waals surface area contributed by atoms with Crippen LogP contribution >= 0.6 is 45.8 Å². The molecule has 0 bridgehead atoms. The van der Waals surface area contributed by atoms with Gasteiger partial charge in [-0.05, 0) is 40.7 Å². The van der Waals surface area contributed by atoms with Crippen molar-refractivity contribution < 1.29 is 9.59 Å². The molecule has 3 aromatic heterocycles. The highest BCUT2D eigenvalue weighted by Crippen LogP contribution is 2.41. The first-order valence-electron chi connectivity index (χ1n) is 7.09. The van der Waals surface area contributed by atoms with E-state index in [9.17, 15) is 9.59 Å². The van der Waals surface area contributed by atoms with Gasteiger partial charge in [0, 0.05) is 10.1 Å². The molecule has 24 heavy (non-hydrogen) atoms. The van der Waals surface area contributed by atoms with Gasteiger partial charge in [-0.1, -0.05) is 30.3 Å². The summed E-state index contributed by atoms with van der Waals surface area (Å²) in [5.74, 6) is -0.0103. The van der Waals surface area contributed by atoms with E-state index in [-0.39, 0.29) is 10.9 Å². The Balaban J connectivity index is 1.81. The van der Waals surface area contributed by atoms with E-state index in [0.29, 0.717) is 15.3 Å². The maximum absolute atomic E-state index is 13.0. The van der Waals surface area contributed by atoms with E-state index in [0.717, 1.165) is 26.1 Å². The van der Waals surface area contributed by atoms with Crippen molar-refractivity contribution in [3.05, 3.63) is 74.6 Å².